The standard InChI is InChI=1S/C24H17N3O3/c25-14-18-6-1-2-7-19(18)16-30-23-8-4-3-5-17(23)13-20(15-26)24(29)27-21-9-11-22(28)12-10-21/h1-13,28H,16H2,(H,27,29). The number of phenolic OH excluding ortho intramolecular Hbond substituents is 1. The van der Waals surface area contributed by atoms with Crippen LogP contribution in [-0.2, 0) is 11.4 Å². The van der Waals surface area contributed by atoms with Crippen LogP contribution >= 0.6 is 0 Å². The van der Waals surface area contributed by atoms with E-state index in [9.17, 15) is 20.4 Å². The van der Waals surface area contributed by atoms with E-state index in [4.69, 9.17) is 4.74 Å². The van der Waals surface area contributed by atoms with E-state index in [1.165, 1.54) is 30.3 Å². The fraction of sp³-hybridized carbons (Fsp3) is 0.0417. The summed E-state index contributed by atoms with van der Waals surface area (Å²) in [4.78, 5) is 12.5. The van der Waals surface area contributed by atoms with Crippen LogP contribution in [0, 0.1) is 22.7 Å². The van der Waals surface area contributed by atoms with Gasteiger partial charge >= 0.3 is 0 Å². The molecule has 0 saturated carbocycles. The van der Waals surface area contributed by atoms with Crippen LogP contribution in [-0.4, -0.2) is 11.0 Å². The number of nitrogens with zero attached hydrogens (tertiary/aromatic N) is 2. The Morgan fingerprint density at radius 2 is 1.70 bits per heavy atom. The van der Waals surface area contributed by atoms with Crippen molar-refractivity contribution >= 4 is 17.7 Å². The Hall–Kier alpha value is -4.55. The lowest BCUT2D eigenvalue weighted by Gasteiger charge is -2.11. The van der Waals surface area contributed by atoms with Crippen LogP contribution < -0.4 is 10.1 Å². The quantitative estimate of drug-likeness (QED) is 0.366. The van der Waals surface area contributed by atoms with Crippen LogP contribution in [0.25, 0.3) is 6.08 Å². The van der Waals surface area contributed by atoms with E-state index >= 15 is 0 Å². The van der Waals surface area contributed by atoms with Crippen molar-refractivity contribution in [2.24, 2.45) is 0 Å². The SMILES string of the molecule is N#CC(=Cc1ccccc1OCc1ccccc1C#N)C(=O)Nc1ccc(O)cc1. The van der Waals surface area contributed by atoms with E-state index in [0.717, 1.165) is 5.56 Å². The average Bonchev–Trinajstić information content (AvgIpc) is 2.78. The predicted molar refractivity (Wildman–Crippen MR) is 112 cm³/mol. The van der Waals surface area contributed by atoms with Crippen LogP contribution in [0.1, 0.15) is 16.7 Å². The molecule has 0 spiro atoms. The summed E-state index contributed by atoms with van der Waals surface area (Å²) in [5.41, 5.74) is 2.18. The maximum absolute atomic E-state index is 12.5. The fourth-order valence-corrected chi connectivity index (χ4v) is 2.69. The van der Waals surface area contributed by atoms with Gasteiger partial charge in [0.1, 0.15) is 29.7 Å². The number of phenols is 1. The molecule has 1 amide bonds. The third-order valence-electron chi connectivity index (χ3n) is 4.23. The number of benzene rings is 3. The maximum atomic E-state index is 12.5. The van der Waals surface area contributed by atoms with Gasteiger partial charge in [-0.05, 0) is 42.5 Å². The van der Waals surface area contributed by atoms with Gasteiger partial charge < -0.3 is 15.2 Å². The number of amides is 1. The number of nitriles is 2. The summed E-state index contributed by atoms with van der Waals surface area (Å²) in [5.74, 6) is -0.0173. The molecule has 0 bridgehead atoms. The molecule has 0 heterocycles. The Balaban J connectivity index is 1.80. The van der Waals surface area contributed by atoms with Gasteiger partial charge in [-0.3, -0.25) is 4.79 Å². The number of carbonyl (C=O) groups excluding carboxylic acids is 1. The smallest absolute Gasteiger partial charge is 0.266 e. The lowest BCUT2D eigenvalue weighted by molar-refractivity contribution is -0.112. The van der Waals surface area contributed by atoms with Crippen LogP contribution in [0.3, 0.4) is 0 Å². The van der Waals surface area contributed by atoms with Crippen LogP contribution in [0.15, 0.2) is 78.4 Å². The summed E-state index contributed by atoms with van der Waals surface area (Å²) >= 11 is 0. The molecular weight excluding hydrogens is 378 g/mol. The van der Waals surface area contributed by atoms with Gasteiger partial charge in [0.15, 0.2) is 0 Å². The third kappa shape index (κ3) is 5.03. The first-order chi connectivity index (χ1) is 14.6. The van der Waals surface area contributed by atoms with E-state index in [1.807, 2.05) is 18.2 Å². The van der Waals surface area contributed by atoms with Crippen LogP contribution in [0.2, 0.25) is 0 Å². The van der Waals surface area contributed by atoms with Gasteiger partial charge in [-0.25, -0.2) is 0 Å². The zero-order valence-electron chi connectivity index (χ0n) is 15.9. The normalized spacial score (nSPS) is 10.5. The second-order valence-corrected chi connectivity index (χ2v) is 6.27. The van der Waals surface area contributed by atoms with Gasteiger partial charge in [0.25, 0.3) is 5.91 Å². The Morgan fingerprint density at radius 3 is 2.43 bits per heavy atom. The monoisotopic (exact) mass is 395 g/mol. The first-order valence-electron chi connectivity index (χ1n) is 9.02. The highest BCUT2D eigenvalue weighted by molar-refractivity contribution is 6.09. The number of ether oxygens (including phenoxy) is 1. The molecule has 3 aromatic rings. The minimum Gasteiger partial charge on any atom is -0.508 e. The Morgan fingerprint density at radius 1 is 1.00 bits per heavy atom. The van der Waals surface area contributed by atoms with Gasteiger partial charge in [-0.2, -0.15) is 10.5 Å². The molecule has 2 N–H and O–H groups in total. The average molecular weight is 395 g/mol. The first kappa shape index (κ1) is 20.2. The number of para-hydroxylation sites is 1. The summed E-state index contributed by atoms with van der Waals surface area (Å²) in [6.07, 6.45) is 1.45. The van der Waals surface area contributed by atoms with Gasteiger partial charge in [-0.15, -0.1) is 0 Å². The summed E-state index contributed by atoms with van der Waals surface area (Å²) in [6.45, 7) is 0.177. The Bertz CT molecular complexity index is 1170. The number of rotatable bonds is 6. The highest BCUT2D eigenvalue weighted by Gasteiger charge is 2.12. The highest BCUT2D eigenvalue weighted by Crippen LogP contribution is 2.23. The summed E-state index contributed by atoms with van der Waals surface area (Å²) in [7, 11) is 0. The number of hydrogen-bond donors (Lipinski definition) is 2. The van der Waals surface area contributed by atoms with E-state index in [0.29, 0.717) is 22.6 Å². The van der Waals surface area contributed by atoms with E-state index in [-0.39, 0.29) is 17.9 Å². The summed E-state index contributed by atoms with van der Waals surface area (Å²) in [6, 6.07) is 24.1. The molecule has 3 rings (SSSR count). The van der Waals surface area contributed by atoms with Crippen LogP contribution in [0.4, 0.5) is 5.69 Å². The van der Waals surface area contributed by atoms with E-state index in [1.54, 1.807) is 36.4 Å². The third-order valence-corrected chi connectivity index (χ3v) is 4.23. The minimum absolute atomic E-state index is 0.0769. The Kier molecular flexibility index (Phi) is 6.45. The van der Waals surface area contributed by atoms with Gasteiger partial charge in [0.05, 0.1) is 11.6 Å². The van der Waals surface area contributed by atoms with Crippen molar-refractivity contribution in [2.75, 3.05) is 5.32 Å². The molecule has 146 valence electrons. The van der Waals surface area contributed by atoms with Crippen molar-refractivity contribution in [3.63, 3.8) is 0 Å². The molecule has 30 heavy (non-hydrogen) atoms. The molecule has 0 aromatic heterocycles. The highest BCUT2D eigenvalue weighted by atomic mass is 16.5. The molecule has 0 fully saturated rings. The van der Waals surface area contributed by atoms with Crippen molar-refractivity contribution < 1.29 is 14.6 Å². The molecule has 0 unspecified atom stereocenters. The molecule has 6 nitrogen and oxygen atoms in total. The van der Waals surface area contributed by atoms with Crippen molar-refractivity contribution in [2.45, 2.75) is 6.61 Å². The van der Waals surface area contributed by atoms with Gasteiger partial charge in [-0.1, -0.05) is 36.4 Å². The molecule has 0 atom stereocenters. The topological polar surface area (TPSA) is 106 Å². The first-order valence-corrected chi connectivity index (χ1v) is 9.02. The van der Waals surface area contributed by atoms with Crippen molar-refractivity contribution in [3.8, 4) is 23.6 Å². The summed E-state index contributed by atoms with van der Waals surface area (Å²) < 4.78 is 5.86. The zero-order chi connectivity index (χ0) is 21.3. The number of anilines is 1. The van der Waals surface area contributed by atoms with Crippen molar-refractivity contribution in [1.82, 2.24) is 0 Å². The molecule has 0 radical (unpaired) electrons. The summed E-state index contributed by atoms with van der Waals surface area (Å²) in [5, 5.41) is 30.6. The lowest BCUT2D eigenvalue weighted by Crippen LogP contribution is -2.13. The number of carbonyl (C=O) groups is 1. The molecule has 0 aliphatic heterocycles. The molecule has 0 saturated heterocycles. The van der Waals surface area contributed by atoms with Crippen LogP contribution in [0.5, 0.6) is 11.5 Å². The second-order valence-electron chi connectivity index (χ2n) is 6.27. The number of aromatic hydroxyl groups is 1. The maximum Gasteiger partial charge on any atom is 0.266 e. The minimum atomic E-state index is -0.576. The molecular formula is C24H17N3O3. The predicted octanol–water partition coefficient (Wildman–Crippen LogP) is 4.39. The van der Waals surface area contributed by atoms with Gasteiger partial charge in [0, 0.05) is 16.8 Å². The molecule has 6 heteroatoms. The van der Waals surface area contributed by atoms with E-state index in [2.05, 4.69) is 11.4 Å². The van der Waals surface area contributed by atoms with Gasteiger partial charge in [0.2, 0.25) is 0 Å². The zero-order valence-corrected chi connectivity index (χ0v) is 15.9. The fourth-order valence-electron chi connectivity index (χ4n) is 2.69. The van der Waals surface area contributed by atoms with Crippen molar-refractivity contribution in [3.05, 3.63) is 95.1 Å². The van der Waals surface area contributed by atoms with Crippen molar-refractivity contribution in [1.29, 1.82) is 10.5 Å². The number of hydrogen-bond acceptors (Lipinski definition) is 5. The lowest BCUT2D eigenvalue weighted by atomic mass is 10.1. The Labute approximate surface area is 173 Å². The molecule has 3 aromatic carbocycles. The second kappa shape index (κ2) is 9.59. The largest absolute Gasteiger partial charge is 0.508 e. The number of nitrogens with one attached hydrogen (secondary N) is 1. The molecule has 0 aliphatic carbocycles. The molecule has 0 aliphatic rings. The van der Waals surface area contributed by atoms with E-state index < -0.39 is 5.91 Å².